The molecule has 0 aliphatic carbocycles. The average molecular weight is 1170 g/mol. The molecule has 4 aromatic heterocycles. The number of nitrogens with zero attached hydrogens (tertiary/aromatic N) is 3. The number of rotatable bonds is 11. The Hall–Kier alpha value is -11.7. The first-order chi connectivity index (χ1) is 44.6. The van der Waals surface area contributed by atoms with Crippen molar-refractivity contribution in [2.45, 2.75) is 0 Å². The number of thiophene rings is 1. The third-order valence-corrected chi connectivity index (χ3v) is 19.1. The van der Waals surface area contributed by atoms with Crippen molar-refractivity contribution in [3.8, 4) is 50.2 Å². The third-order valence-electron chi connectivity index (χ3n) is 17.9. The minimum absolute atomic E-state index is 0.836. The van der Waals surface area contributed by atoms with Gasteiger partial charge in [0.1, 0.15) is 22.3 Å². The summed E-state index contributed by atoms with van der Waals surface area (Å²) in [6.07, 6.45) is 0. The number of fused-ring (bicyclic) bond motifs is 12. The van der Waals surface area contributed by atoms with Gasteiger partial charge in [-0.15, -0.1) is 11.3 Å². The molecule has 18 aromatic rings. The number of hydrogen-bond acceptors (Lipinski definition) is 5. The van der Waals surface area contributed by atoms with Gasteiger partial charge in [0, 0.05) is 98.4 Å². The van der Waals surface area contributed by atoms with E-state index in [1.165, 1.54) is 47.5 Å². The molecule has 0 aliphatic rings. The molecule has 0 aliphatic heterocycles. The maximum absolute atomic E-state index is 6.86. The summed E-state index contributed by atoms with van der Waals surface area (Å²) in [5.74, 6) is 0. The highest BCUT2D eigenvalue weighted by molar-refractivity contribution is 7.25. The molecule has 0 saturated heterocycles. The van der Waals surface area contributed by atoms with Gasteiger partial charge in [-0.25, -0.2) is 0 Å². The molecular formula is C84H53N3O2S. The lowest BCUT2D eigenvalue weighted by molar-refractivity contribution is 0.668. The molecule has 0 saturated carbocycles. The molecule has 90 heavy (non-hydrogen) atoms. The minimum Gasteiger partial charge on any atom is -0.456 e. The quantitative estimate of drug-likeness (QED) is 0.129. The Morgan fingerprint density at radius 1 is 0.222 bits per heavy atom. The van der Waals surface area contributed by atoms with Crippen molar-refractivity contribution in [2.75, 3.05) is 9.80 Å². The van der Waals surface area contributed by atoms with Crippen LogP contribution in [0.15, 0.2) is 330 Å². The number of hydrogen-bond donors (Lipinski definition) is 0. The Morgan fingerprint density at radius 3 is 1.50 bits per heavy atom. The van der Waals surface area contributed by atoms with E-state index in [-0.39, 0.29) is 0 Å². The van der Waals surface area contributed by atoms with Gasteiger partial charge in [-0.3, -0.25) is 0 Å². The number of para-hydroxylation sites is 4. The molecule has 6 heteroatoms. The van der Waals surface area contributed by atoms with E-state index in [9.17, 15) is 0 Å². The monoisotopic (exact) mass is 1170 g/mol. The van der Waals surface area contributed by atoms with Gasteiger partial charge in [0.05, 0.1) is 11.0 Å². The lowest BCUT2D eigenvalue weighted by Crippen LogP contribution is -2.13. The van der Waals surface area contributed by atoms with Crippen LogP contribution in [-0.4, -0.2) is 4.57 Å². The molecule has 18 rings (SSSR count). The van der Waals surface area contributed by atoms with Crippen molar-refractivity contribution >= 4 is 131 Å². The van der Waals surface area contributed by atoms with Crippen LogP contribution in [0.1, 0.15) is 0 Å². The Labute approximate surface area is 523 Å². The van der Waals surface area contributed by atoms with Crippen LogP contribution in [0, 0.1) is 0 Å². The average Bonchev–Trinajstić information content (AvgIpc) is 1.88. The van der Waals surface area contributed by atoms with Gasteiger partial charge < -0.3 is 23.2 Å². The van der Waals surface area contributed by atoms with Gasteiger partial charge >= 0.3 is 0 Å². The Balaban J connectivity index is 0.783. The van der Waals surface area contributed by atoms with Gasteiger partial charge in [0.15, 0.2) is 0 Å². The summed E-state index contributed by atoms with van der Waals surface area (Å²) in [5, 5.41) is 9.34. The fourth-order valence-corrected chi connectivity index (χ4v) is 14.7. The molecule has 4 heterocycles. The van der Waals surface area contributed by atoms with E-state index in [4.69, 9.17) is 8.83 Å². The fourth-order valence-electron chi connectivity index (χ4n) is 13.7. The van der Waals surface area contributed by atoms with Crippen LogP contribution in [0.4, 0.5) is 34.1 Å². The van der Waals surface area contributed by atoms with E-state index in [1.807, 2.05) is 23.5 Å². The van der Waals surface area contributed by atoms with Crippen LogP contribution >= 0.6 is 11.3 Å². The van der Waals surface area contributed by atoms with Crippen LogP contribution in [0.25, 0.3) is 136 Å². The van der Waals surface area contributed by atoms with Crippen molar-refractivity contribution in [1.82, 2.24) is 4.57 Å². The first kappa shape index (κ1) is 51.5. The Morgan fingerprint density at radius 2 is 0.700 bits per heavy atom. The highest BCUT2D eigenvalue weighted by Crippen LogP contribution is 2.47. The number of benzene rings is 14. The zero-order valence-electron chi connectivity index (χ0n) is 48.7. The van der Waals surface area contributed by atoms with Gasteiger partial charge in [-0.2, -0.15) is 0 Å². The topological polar surface area (TPSA) is 37.7 Å². The van der Waals surface area contributed by atoms with Crippen LogP contribution < -0.4 is 9.80 Å². The van der Waals surface area contributed by atoms with Gasteiger partial charge in [0.2, 0.25) is 0 Å². The van der Waals surface area contributed by atoms with Crippen LogP contribution in [0.5, 0.6) is 0 Å². The third kappa shape index (κ3) is 8.75. The second-order valence-corrected chi connectivity index (χ2v) is 24.3. The van der Waals surface area contributed by atoms with Gasteiger partial charge in [0.25, 0.3) is 0 Å². The summed E-state index contributed by atoms with van der Waals surface area (Å²) >= 11 is 1.84. The second-order valence-electron chi connectivity index (χ2n) is 23.2. The normalized spacial score (nSPS) is 11.8. The van der Waals surface area contributed by atoms with Crippen molar-refractivity contribution in [1.29, 1.82) is 0 Å². The second kappa shape index (κ2) is 21.0. The largest absolute Gasteiger partial charge is 0.456 e. The molecule has 0 bridgehead atoms. The summed E-state index contributed by atoms with van der Waals surface area (Å²) in [4.78, 5) is 4.73. The van der Waals surface area contributed by atoms with Crippen LogP contribution in [0.3, 0.4) is 0 Å². The Kier molecular flexibility index (Phi) is 12.0. The summed E-state index contributed by atoms with van der Waals surface area (Å²) in [7, 11) is 0. The molecular weight excluding hydrogens is 1120 g/mol. The van der Waals surface area contributed by atoms with E-state index in [0.717, 1.165) is 123 Å². The molecule has 14 aromatic carbocycles. The van der Waals surface area contributed by atoms with Crippen molar-refractivity contribution < 1.29 is 8.83 Å². The van der Waals surface area contributed by atoms with E-state index >= 15 is 0 Å². The SMILES string of the molecule is c1ccc(-c2ccc(N(c3cccc(N(c4ccccc4)c4cc(-c5ccc6c(c5)oc5ccc(-c7ccc8c9ccccc9n(-c9ccccc9)c8c7)cc56)cc(-c5ccc6sc7ccccc7c6c5)c4)c3)c3ccc4c(c3)oc3ccccc34)cc2)cc1. The molecule has 0 spiro atoms. The summed E-state index contributed by atoms with van der Waals surface area (Å²) in [6.45, 7) is 0. The minimum atomic E-state index is 0.836. The highest BCUT2D eigenvalue weighted by atomic mass is 32.1. The van der Waals surface area contributed by atoms with E-state index in [2.05, 4.69) is 324 Å². The first-order valence-electron chi connectivity index (χ1n) is 30.5. The van der Waals surface area contributed by atoms with Gasteiger partial charge in [-0.05, 0) is 190 Å². The molecule has 5 nitrogen and oxygen atoms in total. The summed E-state index contributed by atoms with van der Waals surface area (Å²) < 4.78 is 18.4. The zero-order chi connectivity index (χ0) is 59.2. The smallest absolute Gasteiger partial charge is 0.137 e. The molecule has 0 amide bonds. The molecule has 0 fully saturated rings. The van der Waals surface area contributed by atoms with E-state index < -0.39 is 0 Å². The van der Waals surface area contributed by atoms with Crippen molar-refractivity contribution in [2.24, 2.45) is 0 Å². The molecule has 0 unspecified atom stereocenters. The molecule has 0 radical (unpaired) electrons. The molecule has 0 N–H and O–H groups in total. The predicted molar refractivity (Wildman–Crippen MR) is 379 cm³/mol. The molecule has 0 atom stereocenters. The van der Waals surface area contributed by atoms with Crippen molar-refractivity contribution in [3.05, 3.63) is 322 Å². The standard InChI is InChI=1S/C84H53N3O2S/c1-4-17-54(18-5-1)55-31-37-64(38-32-55)85(67-39-42-72-71-26-11-14-29-79(71)88-82(72)53-67)65-23-16-24-66(52-65)86(62-19-6-2-7-20-62)68-46-60(57-36-44-84-76(49-57)74-27-12-15-30-83(74)90-84)45-61(47-68)59-34-41-73-75-48-56(35-43-80(75)89-81(73)51-59)58-33-40-70-69-25-10-13-28-77(69)87(78(70)50-58)63-21-8-3-9-22-63/h1-53H. The maximum Gasteiger partial charge on any atom is 0.137 e. The summed E-state index contributed by atoms with van der Waals surface area (Å²) in [6, 6.07) is 116. The maximum atomic E-state index is 6.86. The van der Waals surface area contributed by atoms with E-state index in [0.29, 0.717) is 0 Å². The summed E-state index contributed by atoms with van der Waals surface area (Å²) in [5.41, 5.74) is 21.9. The predicted octanol–water partition coefficient (Wildman–Crippen LogP) is 24.6. The fraction of sp³-hybridized carbons (Fsp3) is 0. The van der Waals surface area contributed by atoms with Crippen molar-refractivity contribution in [3.63, 3.8) is 0 Å². The molecule has 422 valence electrons. The number of furan rings is 2. The Bertz CT molecular complexity index is 5800. The lowest BCUT2D eigenvalue weighted by Gasteiger charge is -2.30. The number of aromatic nitrogens is 1. The lowest BCUT2D eigenvalue weighted by atomic mass is 9.95. The first-order valence-corrected chi connectivity index (χ1v) is 31.3. The highest BCUT2D eigenvalue weighted by Gasteiger charge is 2.22. The van der Waals surface area contributed by atoms with Gasteiger partial charge in [-0.1, -0.05) is 170 Å². The van der Waals surface area contributed by atoms with Crippen LogP contribution in [-0.2, 0) is 0 Å². The van der Waals surface area contributed by atoms with E-state index in [1.54, 1.807) is 0 Å². The zero-order valence-corrected chi connectivity index (χ0v) is 49.5. The van der Waals surface area contributed by atoms with Crippen LogP contribution in [0.2, 0.25) is 0 Å². The number of anilines is 6.